The fourth-order valence-electron chi connectivity index (χ4n) is 1.46. The van der Waals surface area contributed by atoms with Gasteiger partial charge in [0.2, 0.25) is 0 Å². The third-order valence-corrected chi connectivity index (χ3v) is 2.49. The molecule has 0 saturated carbocycles. The molecule has 16 heavy (non-hydrogen) atoms. The molecule has 0 saturated heterocycles. The van der Waals surface area contributed by atoms with Crippen LogP contribution in [0.15, 0.2) is 30.9 Å². The highest BCUT2D eigenvalue weighted by Crippen LogP contribution is 2.23. The number of likely N-dealkylation sites (N-methyl/N-ethyl adjacent to an activating group) is 1. The standard InChI is InChI=1S/C13H18ClNO/c1-3-5-11-10-12(14)6-7-13(11)16-9-8-15-4-2/h3,6-7,10,15H,1,4-5,8-9H2,2H3/p+1. The molecule has 0 atom stereocenters. The lowest BCUT2D eigenvalue weighted by Gasteiger charge is -2.10. The Morgan fingerprint density at radius 2 is 2.31 bits per heavy atom. The predicted octanol–water partition coefficient (Wildman–Crippen LogP) is 2.03. The van der Waals surface area contributed by atoms with Crippen molar-refractivity contribution in [1.29, 1.82) is 0 Å². The maximum atomic E-state index is 5.94. The molecule has 0 aliphatic rings. The molecular formula is C13H19ClNO+. The number of allylic oxidation sites excluding steroid dienone is 1. The van der Waals surface area contributed by atoms with Crippen LogP contribution in [0.5, 0.6) is 5.75 Å². The Labute approximate surface area is 102 Å². The molecule has 0 spiro atoms. The monoisotopic (exact) mass is 240 g/mol. The molecule has 3 heteroatoms. The molecule has 2 nitrogen and oxygen atoms in total. The van der Waals surface area contributed by atoms with Gasteiger partial charge in [-0.1, -0.05) is 17.7 Å². The minimum atomic E-state index is 0.722. The molecule has 88 valence electrons. The Bertz CT molecular complexity index is 339. The third-order valence-electron chi connectivity index (χ3n) is 2.26. The number of nitrogens with two attached hydrogens (primary N) is 1. The molecule has 1 aromatic rings. The molecule has 0 bridgehead atoms. The highest BCUT2D eigenvalue weighted by atomic mass is 35.5. The second-order valence-corrected chi connectivity index (χ2v) is 4.02. The van der Waals surface area contributed by atoms with Crippen LogP contribution in [0, 0.1) is 0 Å². The van der Waals surface area contributed by atoms with Crippen LogP contribution >= 0.6 is 11.6 Å². The summed E-state index contributed by atoms with van der Waals surface area (Å²) in [6.07, 6.45) is 2.64. The summed E-state index contributed by atoms with van der Waals surface area (Å²) in [7, 11) is 0. The van der Waals surface area contributed by atoms with Gasteiger partial charge in [0.25, 0.3) is 0 Å². The zero-order chi connectivity index (χ0) is 11.8. The zero-order valence-electron chi connectivity index (χ0n) is 9.71. The Balaban J connectivity index is 2.59. The molecule has 2 N–H and O–H groups in total. The van der Waals surface area contributed by atoms with Gasteiger partial charge < -0.3 is 10.1 Å². The summed E-state index contributed by atoms with van der Waals surface area (Å²) in [5, 5.41) is 2.95. The number of ether oxygens (including phenoxy) is 1. The molecule has 0 aliphatic heterocycles. The van der Waals surface area contributed by atoms with Gasteiger partial charge in [0, 0.05) is 5.02 Å². The number of hydrogen-bond donors (Lipinski definition) is 1. The number of halogens is 1. The molecule has 0 heterocycles. The largest absolute Gasteiger partial charge is 0.487 e. The molecule has 1 rings (SSSR count). The van der Waals surface area contributed by atoms with Crippen LogP contribution in [-0.2, 0) is 6.42 Å². The summed E-state index contributed by atoms with van der Waals surface area (Å²) in [4.78, 5) is 0. The topological polar surface area (TPSA) is 25.8 Å². The summed E-state index contributed by atoms with van der Waals surface area (Å²) < 4.78 is 5.71. The van der Waals surface area contributed by atoms with Crippen LogP contribution < -0.4 is 10.1 Å². The van der Waals surface area contributed by atoms with Gasteiger partial charge in [0.1, 0.15) is 18.9 Å². The van der Waals surface area contributed by atoms with Crippen LogP contribution in [-0.4, -0.2) is 19.7 Å². The van der Waals surface area contributed by atoms with E-state index in [1.165, 1.54) is 0 Å². The maximum Gasteiger partial charge on any atom is 0.137 e. The van der Waals surface area contributed by atoms with Gasteiger partial charge in [-0.3, -0.25) is 0 Å². The van der Waals surface area contributed by atoms with E-state index in [1.807, 2.05) is 24.3 Å². The van der Waals surface area contributed by atoms with E-state index in [2.05, 4.69) is 18.8 Å². The first-order chi connectivity index (χ1) is 7.77. The van der Waals surface area contributed by atoms with Crippen molar-refractivity contribution >= 4 is 11.6 Å². The van der Waals surface area contributed by atoms with Crippen molar-refractivity contribution in [2.75, 3.05) is 19.7 Å². The third kappa shape index (κ3) is 4.25. The Kier molecular flexibility index (Phi) is 5.98. The van der Waals surface area contributed by atoms with E-state index in [9.17, 15) is 0 Å². The van der Waals surface area contributed by atoms with Gasteiger partial charge in [-0.15, -0.1) is 6.58 Å². The van der Waals surface area contributed by atoms with Gasteiger partial charge in [-0.05, 0) is 37.1 Å². The van der Waals surface area contributed by atoms with Crippen molar-refractivity contribution in [2.24, 2.45) is 0 Å². The smallest absolute Gasteiger partial charge is 0.137 e. The number of hydrogen-bond acceptors (Lipinski definition) is 1. The number of benzene rings is 1. The lowest BCUT2D eigenvalue weighted by molar-refractivity contribution is -0.652. The molecule has 0 amide bonds. The minimum Gasteiger partial charge on any atom is -0.487 e. The second kappa shape index (κ2) is 7.31. The lowest BCUT2D eigenvalue weighted by atomic mass is 10.1. The Morgan fingerprint density at radius 3 is 3.00 bits per heavy atom. The highest BCUT2D eigenvalue weighted by molar-refractivity contribution is 6.30. The average Bonchev–Trinajstić information content (AvgIpc) is 2.27. The summed E-state index contributed by atoms with van der Waals surface area (Å²) in [6.45, 7) is 8.65. The van der Waals surface area contributed by atoms with Gasteiger partial charge in [0.05, 0.1) is 6.54 Å². The minimum absolute atomic E-state index is 0.722. The Morgan fingerprint density at radius 1 is 1.50 bits per heavy atom. The SMILES string of the molecule is C=CCc1cc(Cl)ccc1OCC[NH2+]CC. The van der Waals surface area contributed by atoms with E-state index in [1.54, 1.807) is 0 Å². The summed E-state index contributed by atoms with van der Waals surface area (Å²) >= 11 is 5.94. The predicted molar refractivity (Wildman–Crippen MR) is 68.2 cm³/mol. The normalized spacial score (nSPS) is 10.1. The molecule has 0 aromatic heterocycles. The summed E-state index contributed by atoms with van der Waals surface area (Å²) in [5.74, 6) is 0.911. The van der Waals surface area contributed by atoms with Crippen molar-refractivity contribution < 1.29 is 10.1 Å². The second-order valence-electron chi connectivity index (χ2n) is 3.58. The molecule has 0 unspecified atom stereocenters. The fraction of sp³-hybridized carbons (Fsp3) is 0.385. The van der Waals surface area contributed by atoms with E-state index >= 15 is 0 Å². The molecule has 0 fully saturated rings. The van der Waals surface area contributed by atoms with Crippen molar-refractivity contribution in [2.45, 2.75) is 13.3 Å². The van der Waals surface area contributed by atoms with Crippen LogP contribution in [0.3, 0.4) is 0 Å². The quantitative estimate of drug-likeness (QED) is 0.573. The van der Waals surface area contributed by atoms with E-state index in [0.29, 0.717) is 0 Å². The zero-order valence-corrected chi connectivity index (χ0v) is 10.5. The summed E-state index contributed by atoms with van der Waals surface area (Å²) in [5.41, 5.74) is 1.10. The fourth-order valence-corrected chi connectivity index (χ4v) is 1.65. The maximum absolute atomic E-state index is 5.94. The molecular weight excluding hydrogens is 222 g/mol. The van der Waals surface area contributed by atoms with Crippen molar-refractivity contribution in [3.8, 4) is 5.75 Å². The first-order valence-corrected chi connectivity index (χ1v) is 5.99. The van der Waals surface area contributed by atoms with Gasteiger partial charge in [-0.2, -0.15) is 0 Å². The van der Waals surface area contributed by atoms with E-state index < -0.39 is 0 Å². The van der Waals surface area contributed by atoms with Crippen LogP contribution in [0.4, 0.5) is 0 Å². The van der Waals surface area contributed by atoms with Gasteiger partial charge in [0.15, 0.2) is 0 Å². The van der Waals surface area contributed by atoms with Crippen LogP contribution in [0.2, 0.25) is 5.02 Å². The van der Waals surface area contributed by atoms with Gasteiger partial charge in [-0.25, -0.2) is 0 Å². The van der Waals surface area contributed by atoms with Crippen molar-refractivity contribution in [3.05, 3.63) is 41.4 Å². The average molecular weight is 241 g/mol. The molecule has 0 aliphatic carbocycles. The molecule has 1 aromatic carbocycles. The lowest BCUT2D eigenvalue weighted by Crippen LogP contribution is -2.84. The van der Waals surface area contributed by atoms with Crippen LogP contribution in [0.25, 0.3) is 0 Å². The summed E-state index contributed by atoms with van der Waals surface area (Å²) in [6, 6.07) is 5.71. The Hall–Kier alpha value is -0.990. The van der Waals surface area contributed by atoms with Crippen LogP contribution in [0.1, 0.15) is 12.5 Å². The number of rotatable bonds is 7. The highest BCUT2D eigenvalue weighted by Gasteiger charge is 2.03. The van der Waals surface area contributed by atoms with E-state index in [4.69, 9.17) is 16.3 Å². The first kappa shape index (κ1) is 13.1. The van der Waals surface area contributed by atoms with Crippen molar-refractivity contribution in [1.82, 2.24) is 0 Å². The first-order valence-electron chi connectivity index (χ1n) is 5.61. The number of quaternary nitrogens is 1. The molecule has 0 radical (unpaired) electrons. The van der Waals surface area contributed by atoms with E-state index in [-0.39, 0.29) is 0 Å². The van der Waals surface area contributed by atoms with E-state index in [0.717, 1.165) is 42.5 Å². The van der Waals surface area contributed by atoms with Gasteiger partial charge >= 0.3 is 0 Å². The van der Waals surface area contributed by atoms with Crippen molar-refractivity contribution in [3.63, 3.8) is 0 Å².